The van der Waals surface area contributed by atoms with Crippen LogP contribution in [0.25, 0.3) is 0 Å². The van der Waals surface area contributed by atoms with Crippen molar-refractivity contribution in [1.29, 1.82) is 0 Å². The average molecular weight is 156 g/mol. The lowest BCUT2D eigenvalue weighted by Gasteiger charge is -2.17. The zero-order valence-electron chi connectivity index (χ0n) is 7.88. The zero-order chi connectivity index (χ0) is 8.69. The second-order valence-corrected chi connectivity index (χ2v) is 3.32. The Morgan fingerprint density at radius 3 is 2.36 bits per heavy atom. The highest BCUT2D eigenvalue weighted by Crippen LogP contribution is 2.18. The summed E-state index contributed by atoms with van der Waals surface area (Å²) in [7, 11) is 0. The fourth-order valence-electron chi connectivity index (χ4n) is 1.20. The molecule has 0 aliphatic carbocycles. The molecule has 0 heterocycles. The van der Waals surface area contributed by atoms with Crippen LogP contribution >= 0.6 is 0 Å². The Labute approximate surface area is 70.1 Å². The number of hydrogen-bond donors (Lipinski definition) is 1. The third kappa shape index (κ3) is 5.02. The Morgan fingerprint density at radius 1 is 1.36 bits per heavy atom. The van der Waals surface area contributed by atoms with Crippen molar-refractivity contribution < 1.29 is 5.11 Å². The van der Waals surface area contributed by atoms with Gasteiger partial charge in [-0.15, -0.1) is 0 Å². The lowest BCUT2D eigenvalue weighted by Crippen LogP contribution is -2.09. The molecule has 0 aliphatic rings. The van der Waals surface area contributed by atoms with Crippen LogP contribution in [0.3, 0.4) is 0 Å². The summed E-state index contributed by atoms with van der Waals surface area (Å²) in [4.78, 5) is 0. The van der Waals surface area contributed by atoms with Crippen molar-refractivity contribution in [3.05, 3.63) is 12.2 Å². The minimum atomic E-state index is 0.320. The summed E-state index contributed by atoms with van der Waals surface area (Å²) in [5.74, 6) is 1.33. The molecule has 1 nitrogen and oxygen atoms in total. The van der Waals surface area contributed by atoms with E-state index in [9.17, 15) is 0 Å². The maximum absolute atomic E-state index is 8.76. The van der Waals surface area contributed by atoms with Gasteiger partial charge in [0, 0.05) is 6.61 Å². The van der Waals surface area contributed by atoms with Crippen molar-refractivity contribution in [3.63, 3.8) is 0 Å². The van der Waals surface area contributed by atoms with Crippen LogP contribution < -0.4 is 0 Å². The molecule has 0 spiro atoms. The zero-order valence-corrected chi connectivity index (χ0v) is 7.88. The molecule has 0 amide bonds. The molecule has 0 aromatic rings. The van der Waals surface area contributed by atoms with Crippen molar-refractivity contribution in [2.75, 3.05) is 6.61 Å². The van der Waals surface area contributed by atoms with Gasteiger partial charge in [-0.3, -0.25) is 0 Å². The van der Waals surface area contributed by atoms with Crippen molar-refractivity contribution in [1.82, 2.24) is 0 Å². The summed E-state index contributed by atoms with van der Waals surface area (Å²) in [5.41, 5.74) is 0. The Hall–Kier alpha value is -0.300. The summed E-state index contributed by atoms with van der Waals surface area (Å²) in [6.07, 6.45) is 6.30. The quantitative estimate of drug-likeness (QED) is 0.607. The summed E-state index contributed by atoms with van der Waals surface area (Å²) in [6.45, 7) is 6.78. The van der Waals surface area contributed by atoms with Crippen molar-refractivity contribution in [2.45, 2.75) is 33.6 Å². The van der Waals surface area contributed by atoms with E-state index in [1.165, 1.54) is 0 Å². The predicted octanol–water partition coefficient (Wildman–Crippen LogP) is 2.61. The number of allylic oxidation sites excluding steroid dienone is 2. The normalized spacial score (nSPS) is 14.6. The SMILES string of the molecule is C/C=C\CC(CCO)C(C)C. The first-order chi connectivity index (χ1) is 5.22. The van der Waals surface area contributed by atoms with Gasteiger partial charge < -0.3 is 5.11 Å². The predicted molar refractivity (Wildman–Crippen MR) is 49.5 cm³/mol. The maximum Gasteiger partial charge on any atom is 0.0433 e. The number of aliphatic hydroxyl groups excluding tert-OH is 1. The molecule has 0 radical (unpaired) electrons. The Kier molecular flexibility index (Phi) is 6.24. The highest BCUT2D eigenvalue weighted by molar-refractivity contribution is 4.81. The number of hydrogen-bond acceptors (Lipinski definition) is 1. The molecule has 0 aliphatic heterocycles. The molecule has 1 heteroatoms. The Balaban J connectivity index is 3.69. The van der Waals surface area contributed by atoms with Crippen LogP contribution in [-0.4, -0.2) is 11.7 Å². The van der Waals surface area contributed by atoms with E-state index in [0.717, 1.165) is 12.8 Å². The minimum Gasteiger partial charge on any atom is -0.396 e. The minimum absolute atomic E-state index is 0.320. The van der Waals surface area contributed by atoms with E-state index in [0.29, 0.717) is 18.4 Å². The molecule has 0 aromatic carbocycles. The van der Waals surface area contributed by atoms with Crippen molar-refractivity contribution >= 4 is 0 Å². The highest BCUT2D eigenvalue weighted by Gasteiger charge is 2.09. The first-order valence-electron chi connectivity index (χ1n) is 4.44. The van der Waals surface area contributed by atoms with Crippen LogP contribution in [0.4, 0.5) is 0 Å². The summed E-state index contributed by atoms with van der Waals surface area (Å²) < 4.78 is 0. The molecular formula is C10H20O. The van der Waals surface area contributed by atoms with Gasteiger partial charge in [-0.25, -0.2) is 0 Å². The summed E-state index contributed by atoms with van der Waals surface area (Å²) >= 11 is 0. The first kappa shape index (κ1) is 10.7. The molecule has 0 bridgehead atoms. The van der Waals surface area contributed by atoms with Crippen molar-refractivity contribution in [2.24, 2.45) is 11.8 Å². The smallest absolute Gasteiger partial charge is 0.0433 e. The van der Waals surface area contributed by atoms with Crippen molar-refractivity contribution in [3.8, 4) is 0 Å². The first-order valence-corrected chi connectivity index (χ1v) is 4.44. The van der Waals surface area contributed by atoms with Gasteiger partial charge in [-0.1, -0.05) is 26.0 Å². The summed E-state index contributed by atoms with van der Waals surface area (Å²) in [5, 5.41) is 8.76. The monoisotopic (exact) mass is 156 g/mol. The van der Waals surface area contributed by atoms with Crippen LogP contribution in [0.2, 0.25) is 0 Å². The third-order valence-corrected chi connectivity index (χ3v) is 2.12. The van der Waals surface area contributed by atoms with Gasteiger partial charge in [-0.2, -0.15) is 0 Å². The number of rotatable bonds is 5. The second-order valence-electron chi connectivity index (χ2n) is 3.32. The summed E-state index contributed by atoms with van der Waals surface area (Å²) in [6, 6.07) is 0. The van der Waals surface area contributed by atoms with Crippen LogP contribution in [0, 0.1) is 11.8 Å². The van der Waals surface area contributed by atoms with Gasteiger partial charge in [0.25, 0.3) is 0 Å². The van der Waals surface area contributed by atoms with Crippen LogP contribution in [0.15, 0.2) is 12.2 Å². The van der Waals surface area contributed by atoms with Gasteiger partial charge in [0.05, 0.1) is 0 Å². The van der Waals surface area contributed by atoms with E-state index in [2.05, 4.69) is 26.0 Å². The highest BCUT2D eigenvalue weighted by atomic mass is 16.3. The van der Waals surface area contributed by atoms with E-state index in [1.807, 2.05) is 6.92 Å². The third-order valence-electron chi connectivity index (χ3n) is 2.12. The molecule has 0 saturated heterocycles. The van der Waals surface area contributed by atoms with E-state index in [1.54, 1.807) is 0 Å². The lowest BCUT2D eigenvalue weighted by molar-refractivity contribution is 0.232. The fraction of sp³-hybridized carbons (Fsp3) is 0.800. The topological polar surface area (TPSA) is 20.2 Å². The molecule has 1 N–H and O–H groups in total. The van der Waals surface area contributed by atoms with Crippen LogP contribution in [0.5, 0.6) is 0 Å². The molecule has 0 saturated carbocycles. The fourth-order valence-corrected chi connectivity index (χ4v) is 1.20. The average Bonchev–Trinajstić information content (AvgIpc) is 1.97. The molecule has 0 aromatic heterocycles. The van der Waals surface area contributed by atoms with Gasteiger partial charge in [-0.05, 0) is 31.6 Å². The van der Waals surface area contributed by atoms with Gasteiger partial charge in [0.1, 0.15) is 0 Å². The molecule has 0 rings (SSSR count). The van der Waals surface area contributed by atoms with E-state index < -0.39 is 0 Å². The van der Waals surface area contributed by atoms with Gasteiger partial charge in [0.2, 0.25) is 0 Å². The standard InChI is InChI=1S/C10H20O/c1-4-5-6-10(7-8-11)9(2)3/h4-5,9-11H,6-8H2,1-3H3/b5-4-. The lowest BCUT2D eigenvalue weighted by atomic mass is 9.90. The maximum atomic E-state index is 8.76. The molecule has 11 heavy (non-hydrogen) atoms. The molecule has 0 fully saturated rings. The van der Waals surface area contributed by atoms with Crippen LogP contribution in [-0.2, 0) is 0 Å². The van der Waals surface area contributed by atoms with E-state index in [-0.39, 0.29) is 0 Å². The molecule has 66 valence electrons. The Morgan fingerprint density at radius 2 is 2.00 bits per heavy atom. The van der Waals surface area contributed by atoms with Crippen LogP contribution in [0.1, 0.15) is 33.6 Å². The largest absolute Gasteiger partial charge is 0.396 e. The van der Waals surface area contributed by atoms with E-state index >= 15 is 0 Å². The van der Waals surface area contributed by atoms with Gasteiger partial charge in [0.15, 0.2) is 0 Å². The molecule has 1 unspecified atom stereocenters. The number of aliphatic hydroxyl groups is 1. The second kappa shape index (κ2) is 6.41. The Bertz CT molecular complexity index is 105. The molecular weight excluding hydrogens is 136 g/mol. The van der Waals surface area contributed by atoms with E-state index in [4.69, 9.17) is 5.11 Å². The van der Waals surface area contributed by atoms with Gasteiger partial charge >= 0.3 is 0 Å². The molecule has 1 atom stereocenters.